The molecule has 0 aliphatic rings. The van der Waals surface area contributed by atoms with Gasteiger partial charge in [-0.3, -0.25) is 4.98 Å². The number of fused-ring (bicyclic) bond motifs is 1. The average molecular weight is 342 g/mol. The smallest absolute Gasteiger partial charge is 0.0531 e. The summed E-state index contributed by atoms with van der Waals surface area (Å²) < 4.78 is 1.03. The van der Waals surface area contributed by atoms with Gasteiger partial charge in [0.15, 0.2) is 0 Å². The lowest BCUT2D eigenvalue weighted by molar-refractivity contribution is 1.22. The number of hydrogen-bond acceptors (Lipinski definition) is 3. The van der Waals surface area contributed by atoms with E-state index in [9.17, 15) is 0 Å². The number of aryl methyl sites for hydroxylation is 2. The van der Waals surface area contributed by atoms with E-state index in [4.69, 9.17) is 5.73 Å². The minimum atomic E-state index is 0.742. The molecule has 3 rings (SSSR count). The van der Waals surface area contributed by atoms with Gasteiger partial charge in [0.25, 0.3) is 0 Å². The molecule has 2 aromatic carbocycles. The molecule has 0 aliphatic carbocycles. The Morgan fingerprint density at radius 2 is 1.81 bits per heavy atom. The lowest BCUT2D eigenvalue weighted by atomic mass is 10.1. The highest BCUT2D eigenvalue weighted by Gasteiger charge is 2.07. The van der Waals surface area contributed by atoms with Crippen molar-refractivity contribution in [1.82, 2.24) is 4.98 Å². The summed E-state index contributed by atoms with van der Waals surface area (Å²) in [5, 5.41) is 5.53. The number of pyridine rings is 1. The standard InChI is InChI=1S/C17H16BrN3/c1-10-3-4-14(18)17(7-10)21-16-6-5-15(19)13-9-20-11(2)8-12(13)16/h3-9,21H,19H2,1-2H3. The van der Waals surface area contributed by atoms with Crippen molar-refractivity contribution >= 4 is 43.8 Å². The number of hydrogen-bond donors (Lipinski definition) is 2. The number of nitrogen functional groups attached to an aromatic ring is 1. The van der Waals surface area contributed by atoms with Gasteiger partial charge in [0.05, 0.1) is 5.69 Å². The molecule has 1 aromatic heterocycles. The Bertz CT molecular complexity index is 828. The van der Waals surface area contributed by atoms with Gasteiger partial charge in [-0.15, -0.1) is 0 Å². The van der Waals surface area contributed by atoms with E-state index in [1.165, 1.54) is 5.56 Å². The quantitative estimate of drug-likeness (QED) is 0.649. The summed E-state index contributed by atoms with van der Waals surface area (Å²) in [4.78, 5) is 4.33. The maximum Gasteiger partial charge on any atom is 0.0531 e. The van der Waals surface area contributed by atoms with Gasteiger partial charge in [-0.1, -0.05) is 6.07 Å². The maximum absolute atomic E-state index is 6.05. The first-order valence-corrected chi connectivity index (χ1v) is 7.52. The highest BCUT2D eigenvalue weighted by atomic mass is 79.9. The molecular weight excluding hydrogens is 326 g/mol. The highest BCUT2D eigenvalue weighted by Crippen LogP contribution is 2.33. The first-order valence-electron chi connectivity index (χ1n) is 6.72. The van der Waals surface area contributed by atoms with Crippen LogP contribution in [-0.4, -0.2) is 4.98 Å². The zero-order valence-corrected chi connectivity index (χ0v) is 13.5. The van der Waals surface area contributed by atoms with Crippen LogP contribution in [0.2, 0.25) is 0 Å². The van der Waals surface area contributed by atoms with Crippen molar-refractivity contribution in [2.45, 2.75) is 13.8 Å². The number of nitrogens with zero attached hydrogens (tertiary/aromatic N) is 1. The molecule has 0 amide bonds. The third-order valence-corrected chi connectivity index (χ3v) is 4.15. The molecule has 3 N–H and O–H groups in total. The van der Waals surface area contributed by atoms with E-state index in [0.717, 1.165) is 38.0 Å². The van der Waals surface area contributed by atoms with E-state index in [2.05, 4.69) is 51.4 Å². The van der Waals surface area contributed by atoms with Crippen LogP contribution in [0.1, 0.15) is 11.3 Å². The summed E-state index contributed by atoms with van der Waals surface area (Å²) >= 11 is 3.58. The topological polar surface area (TPSA) is 50.9 Å². The van der Waals surface area contributed by atoms with E-state index in [-0.39, 0.29) is 0 Å². The minimum Gasteiger partial charge on any atom is -0.398 e. The zero-order chi connectivity index (χ0) is 15.0. The predicted octanol–water partition coefficient (Wildman–Crippen LogP) is 4.94. The van der Waals surface area contributed by atoms with Crippen LogP contribution in [-0.2, 0) is 0 Å². The molecule has 0 radical (unpaired) electrons. The molecule has 0 fully saturated rings. The van der Waals surface area contributed by atoms with Crippen LogP contribution >= 0.6 is 15.9 Å². The number of anilines is 3. The molecule has 1 heterocycles. The molecule has 0 saturated heterocycles. The zero-order valence-electron chi connectivity index (χ0n) is 11.9. The van der Waals surface area contributed by atoms with Crippen LogP contribution in [0.25, 0.3) is 10.8 Å². The Kier molecular flexibility index (Phi) is 3.55. The van der Waals surface area contributed by atoms with E-state index in [1.807, 2.05) is 31.3 Å². The molecule has 0 spiro atoms. The van der Waals surface area contributed by atoms with Gasteiger partial charge < -0.3 is 11.1 Å². The molecule has 0 bridgehead atoms. The monoisotopic (exact) mass is 341 g/mol. The second-order valence-corrected chi connectivity index (χ2v) is 6.04. The van der Waals surface area contributed by atoms with Crippen LogP contribution < -0.4 is 11.1 Å². The van der Waals surface area contributed by atoms with E-state index >= 15 is 0 Å². The van der Waals surface area contributed by atoms with Crippen molar-refractivity contribution < 1.29 is 0 Å². The van der Waals surface area contributed by atoms with Crippen LogP contribution in [0.5, 0.6) is 0 Å². The lowest BCUT2D eigenvalue weighted by Crippen LogP contribution is -1.96. The predicted molar refractivity (Wildman–Crippen MR) is 93.1 cm³/mol. The van der Waals surface area contributed by atoms with Crippen LogP contribution in [0, 0.1) is 13.8 Å². The Hall–Kier alpha value is -2.07. The van der Waals surface area contributed by atoms with Gasteiger partial charge in [0.1, 0.15) is 0 Å². The Morgan fingerprint density at radius 1 is 1.00 bits per heavy atom. The van der Waals surface area contributed by atoms with E-state index < -0.39 is 0 Å². The SMILES string of the molecule is Cc1ccc(Br)c(Nc2ccc(N)c3cnc(C)cc23)c1. The van der Waals surface area contributed by atoms with Gasteiger partial charge in [0, 0.05) is 38.5 Å². The first kappa shape index (κ1) is 13.9. The van der Waals surface area contributed by atoms with Crippen LogP contribution in [0.4, 0.5) is 17.1 Å². The third kappa shape index (κ3) is 2.72. The molecule has 106 valence electrons. The van der Waals surface area contributed by atoms with Gasteiger partial charge in [-0.05, 0) is 65.7 Å². The molecule has 0 atom stereocenters. The second-order valence-electron chi connectivity index (χ2n) is 5.18. The first-order chi connectivity index (χ1) is 10.0. The normalized spacial score (nSPS) is 10.8. The third-order valence-electron chi connectivity index (χ3n) is 3.46. The fourth-order valence-corrected chi connectivity index (χ4v) is 2.70. The number of nitrogens with one attached hydrogen (secondary N) is 1. The summed E-state index contributed by atoms with van der Waals surface area (Å²) in [6.07, 6.45) is 1.83. The van der Waals surface area contributed by atoms with Gasteiger partial charge in [-0.25, -0.2) is 0 Å². The number of aromatic nitrogens is 1. The van der Waals surface area contributed by atoms with Crippen molar-refractivity contribution in [2.24, 2.45) is 0 Å². The number of nitrogens with two attached hydrogens (primary N) is 1. The molecule has 3 aromatic rings. The summed E-state index contributed by atoms with van der Waals surface area (Å²) in [6, 6.07) is 12.2. The molecule has 21 heavy (non-hydrogen) atoms. The summed E-state index contributed by atoms with van der Waals surface area (Å²) in [7, 11) is 0. The summed E-state index contributed by atoms with van der Waals surface area (Å²) in [6.45, 7) is 4.06. The lowest BCUT2D eigenvalue weighted by Gasteiger charge is -2.13. The Balaban J connectivity index is 2.14. The highest BCUT2D eigenvalue weighted by molar-refractivity contribution is 9.10. The van der Waals surface area contributed by atoms with Crippen molar-refractivity contribution in [2.75, 3.05) is 11.1 Å². The van der Waals surface area contributed by atoms with Crippen molar-refractivity contribution in [1.29, 1.82) is 0 Å². The molecule has 0 saturated carbocycles. The van der Waals surface area contributed by atoms with Gasteiger partial charge in [-0.2, -0.15) is 0 Å². The van der Waals surface area contributed by atoms with Crippen molar-refractivity contribution in [3.63, 3.8) is 0 Å². The van der Waals surface area contributed by atoms with E-state index in [1.54, 1.807) is 0 Å². The van der Waals surface area contributed by atoms with Crippen LogP contribution in [0.15, 0.2) is 47.1 Å². The largest absolute Gasteiger partial charge is 0.398 e. The summed E-state index contributed by atoms with van der Waals surface area (Å²) in [5.41, 5.74) is 11.0. The fourth-order valence-electron chi connectivity index (χ4n) is 2.35. The van der Waals surface area contributed by atoms with E-state index in [0.29, 0.717) is 0 Å². The van der Waals surface area contributed by atoms with Crippen molar-refractivity contribution in [3.8, 4) is 0 Å². The Labute approximate surface area is 132 Å². The average Bonchev–Trinajstić information content (AvgIpc) is 2.46. The van der Waals surface area contributed by atoms with Crippen LogP contribution in [0.3, 0.4) is 0 Å². The number of halogens is 1. The molecule has 4 heteroatoms. The second kappa shape index (κ2) is 5.37. The molecule has 0 unspecified atom stereocenters. The minimum absolute atomic E-state index is 0.742. The molecule has 0 aliphatic heterocycles. The summed E-state index contributed by atoms with van der Waals surface area (Å²) in [5.74, 6) is 0. The fraction of sp³-hybridized carbons (Fsp3) is 0.118. The molecular formula is C17H16BrN3. The number of rotatable bonds is 2. The molecule has 3 nitrogen and oxygen atoms in total. The maximum atomic E-state index is 6.05. The number of benzene rings is 2. The van der Waals surface area contributed by atoms with Gasteiger partial charge in [0.2, 0.25) is 0 Å². The Morgan fingerprint density at radius 3 is 2.62 bits per heavy atom. The van der Waals surface area contributed by atoms with Gasteiger partial charge >= 0.3 is 0 Å². The van der Waals surface area contributed by atoms with Crippen molar-refractivity contribution in [3.05, 3.63) is 58.3 Å².